The minimum atomic E-state index is -0.213. The lowest BCUT2D eigenvalue weighted by molar-refractivity contribution is 0.0925. The predicted octanol–water partition coefficient (Wildman–Crippen LogP) is 6.09. The van der Waals surface area contributed by atoms with Crippen molar-refractivity contribution in [2.45, 2.75) is 107 Å². The minimum Gasteiger partial charge on any atom is -0.351 e. The first-order valence-electron chi connectivity index (χ1n) is 13.3. The molecular weight excluding hydrogens is 427 g/mol. The Morgan fingerprint density at radius 2 is 1.56 bits per heavy atom. The summed E-state index contributed by atoms with van der Waals surface area (Å²) in [5.41, 5.74) is 2.44. The van der Waals surface area contributed by atoms with E-state index in [2.05, 4.69) is 15.6 Å². The smallest absolute Gasteiger partial charge is 0.254 e. The Morgan fingerprint density at radius 3 is 2.26 bits per heavy atom. The van der Waals surface area contributed by atoms with Gasteiger partial charge in [-0.3, -0.25) is 4.79 Å². The third-order valence-electron chi connectivity index (χ3n) is 8.26. The molecule has 3 aliphatic rings. The number of carbonyl (C=O) groups is 1. The van der Waals surface area contributed by atoms with E-state index in [4.69, 9.17) is 4.98 Å². The molecule has 3 saturated carbocycles. The summed E-state index contributed by atoms with van der Waals surface area (Å²) in [7, 11) is 0. The van der Waals surface area contributed by atoms with Crippen LogP contribution in [-0.2, 0) is 11.8 Å². The molecule has 3 fully saturated rings. The van der Waals surface area contributed by atoms with Crippen LogP contribution in [0.1, 0.15) is 105 Å². The molecule has 0 atom stereocenters. The quantitative estimate of drug-likeness (QED) is 0.521. The molecule has 6 heteroatoms. The molecule has 5 rings (SSSR count). The van der Waals surface area contributed by atoms with E-state index in [-0.39, 0.29) is 23.2 Å². The molecule has 0 unspecified atom stereocenters. The number of halogens is 1. The largest absolute Gasteiger partial charge is 0.351 e. The van der Waals surface area contributed by atoms with Gasteiger partial charge in [-0.05, 0) is 56.2 Å². The summed E-state index contributed by atoms with van der Waals surface area (Å²) >= 11 is 0. The summed E-state index contributed by atoms with van der Waals surface area (Å²) in [6.07, 6.45) is 17.2. The summed E-state index contributed by atoms with van der Waals surface area (Å²) in [5, 5.41) is 6.77. The van der Waals surface area contributed by atoms with Crippen LogP contribution in [0.15, 0.2) is 30.5 Å². The van der Waals surface area contributed by atoms with Gasteiger partial charge in [0, 0.05) is 30.1 Å². The van der Waals surface area contributed by atoms with E-state index in [1.807, 2.05) is 12.1 Å². The van der Waals surface area contributed by atoms with E-state index >= 15 is 0 Å². The van der Waals surface area contributed by atoms with E-state index in [1.54, 1.807) is 18.3 Å². The molecule has 2 N–H and O–H groups in total. The maximum Gasteiger partial charge on any atom is 0.254 e. The van der Waals surface area contributed by atoms with Crippen LogP contribution in [0, 0.1) is 5.82 Å². The topological polar surface area (TPSA) is 66.9 Å². The van der Waals surface area contributed by atoms with Crippen molar-refractivity contribution in [1.82, 2.24) is 15.3 Å². The van der Waals surface area contributed by atoms with Crippen molar-refractivity contribution >= 4 is 11.9 Å². The van der Waals surface area contributed by atoms with Crippen molar-refractivity contribution in [2.75, 3.05) is 5.32 Å². The second-order valence-electron chi connectivity index (χ2n) is 10.7. The molecule has 1 amide bonds. The highest BCUT2D eigenvalue weighted by Gasteiger charge is 2.37. The first-order chi connectivity index (χ1) is 16.6. The minimum absolute atomic E-state index is 0.0541. The normalized spacial score (nSPS) is 21.0. The van der Waals surface area contributed by atoms with Crippen molar-refractivity contribution in [3.63, 3.8) is 0 Å². The summed E-state index contributed by atoms with van der Waals surface area (Å²) in [6.45, 7) is 0. The van der Waals surface area contributed by atoms with Crippen LogP contribution in [0.25, 0.3) is 0 Å². The van der Waals surface area contributed by atoms with Crippen LogP contribution in [0.5, 0.6) is 0 Å². The predicted molar refractivity (Wildman–Crippen MR) is 132 cm³/mol. The van der Waals surface area contributed by atoms with Crippen molar-refractivity contribution in [1.29, 1.82) is 0 Å². The molecule has 1 heterocycles. The Kier molecular flexibility index (Phi) is 7.12. The number of amides is 1. The molecule has 5 nitrogen and oxygen atoms in total. The first kappa shape index (κ1) is 23.3. The summed E-state index contributed by atoms with van der Waals surface area (Å²) in [5.74, 6) is 0.361. The molecule has 2 aromatic rings. The zero-order valence-corrected chi connectivity index (χ0v) is 20.1. The molecule has 0 spiro atoms. The second-order valence-corrected chi connectivity index (χ2v) is 10.7. The molecule has 182 valence electrons. The Bertz CT molecular complexity index is 974. The highest BCUT2D eigenvalue weighted by Crippen LogP contribution is 2.44. The number of nitrogens with zero attached hydrogens (tertiary/aromatic N) is 2. The maximum atomic E-state index is 13.7. The van der Waals surface area contributed by atoms with Gasteiger partial charge in [-0.2, -0.15) is 0 Å². The van der Waals surface area contributed by atoms with Gasteiger partial charge < -0.3 is 10.6 Å². The van der Waals surface area contributed by atoms with E-state index in [9.17, 15) is 9.18 Å². The molecular formula is C28H37FN4O. The standard InChI is InChI=1S/C28H37FN4O/c29-21-14-12-20(13-15-21)28(16-6-7-17-28)18-25-24(26(34)31-22-8-2-1-3-9-22)19-30-27(33-25)32-23-10-4-5-11-23/h12-15,19,22-23H,1-11,16-18H2,(H,31,34)(H,30,32,33). The number of rotatable bonds is 7. The number of hydrogen-bond donors (Lipinski definition) is 2. The Morgan fingerprint density at radius 1 is 0.912 bits per heavy atom. The molecule has 34 heavy (non-hydrogen) atoms. The van der Waals surface area contributed by atoms with E-state index in [0.717, 1.165) is 62.6 Å². The number of hydrogen-bond acceptors (Lipinski definition) is 4. The van der Waals surface area contributed by atoms with Crippen molar-refractivity contribution in [3.05, 3.63) is 53.1 Å². The van der Waals surface area contributed by atoms with E-state index < -0.39 is 0 Å². The Hall–Kier alpha value is -2.50. The van der Waals surface area contributed by atoms with Crippen LogP contribution in [0.4, 0.5) is 10.3 Å². The number of nitrogens with one attached hydrogen (secondary N) is 2. The molecule has 0 saturated heterocycles. The number of benzene rings is 1. The van der Waals surface area contributed by atoms with Gasteiger partial charge in [0.25, 0.3) is 5.91 Å². The van der Waals surface area contributed by atoms with Crippen LogP contribution in [0.2, 0.25) is 0 Å². The van der Waals surface area contributed by atoms with E-state index in [0.29, 0.717) is 24.0 Å². The Labute approximate surface area is 202 Å². The summed E-state index contributed by atoms with van der Waals surface area (Å²) in [6, 6.07) is 7.59. The lowest BCUT2D eigenvalue weighted by Crippen LogP contribution is -2.37. The summed E-state index contributed by atoms with van der Waals surface area (Å²) < 4.78 is 13.7. The molecule has 0 aliphatic heterocycles. The van der Waals surface area contributed by atoms with Gasteiger partial charge in [0.1, 0.15) is 5.82 Å². The number of anilines is 1. The molecule has 1 aromatic carbocycles. The SMILES string of the molecule is O=C(NC1CCCCC1)c1cnc(NC2CCCC2)nc1CC1(c2ccc(F)cc2)CCCC1. The second kappa shape index (κ2) is 10.4. The summed E-state index contributed by atoms with van der Waals surface area (Å²) in [4.78, 5) is 22.9. The van der Waals surface area contributed by atoms with Gasteiger partial charge in [0.2, 0.25) is 5.95 Å². The monoisotopic (exact) mass is 464 g/mol. The number of aromatic nitrogens is 2. The lowest BCUT2D eigenvalue weighted by atomic mass is 9.74. The average molecular weight is 465 g/mol. The van der Waals surface area contributed by atoms with Crippen molar-refractivity contribution in [3.8, 4) is 0 Å². The van der Waals surface area contributed by atoms with Crippen molar-refractivity contribution < 1.29 is 9.18 Å². The maximum absolute atomic E-state index is 13.7. The van der Waals surface area contributed by atoms with Gasteiger partial charge >= 0.3 is 0 Å². The van der Waals surface area contributed by atoms with Gasteiger partial charge in [0.15, 0.2) is 0 Å². The van der Waals surface area contributed by atoms with E-state index in [1.165, 1.54) is 32.1 Å². The van der Waals surface area contributed by atoms with Gasteiger partial charge in [-0.1, -0.05) is 57.1 Å². The van der Waals surface area contributed by atoms with Gasteiger partial charge in [0.05, 0.1) is 11.3 Å². The zero-order chi connectivity index (χ0) is 23.4. The fraction of sp³-hybridized carbons (Fsp3) is 0.607. The van der Waals surface area contributed by atoms with Crippen LogP contribution in [0.3, 0.4) is 0 Å². The third kappa shape index (κ3) is 5.26. The van der Waals surface area contributed by atoms with Crippen molar-refractivity contribution in [2.24, 2.45) is 0 Å². The fourth-order valence-electron chi connectivity index (χ4n) is 6.32. The lowest BCUT2D eigenvalue weighted by Gasteiger charge is -2.30. The van der Waals surface area contributed by atoms with Gasteiger partial charge in [-0.15, -0.1) is 0 Å². The van der Waals surface area contributed by atoms with Crippen LogP contribution < -0.4 is 10.6 Å². The molecule has 0 radical (unpaired) electrons. The van der Waals surface area contributed by atoms with Gasteiger partial charge in [-0.25, -0.2) is 14.4 Å². The third-order valence-corrected chi connectivity index (χ3v) is 8.26. The molecule has 1 aromatic heterocycles. The Balaban J connectivity index is 1.45. The highest BCUT2D eigenvalue weighted by atomic mass is 19.1. The van der Waals surface area contributed by atoms with Crippen LogP contribution >= 0.6 is 0 Å². The van der Waals surface area contributed by atoms with Crippen LogP contribution in [-0.4, -0.2) is 28.0 Å². The fourth-order valence-corrected chi connectivity index (χ4v) is 6.32. The average Bonchev–Trinajstić information content (AvgIpc) is 3.53. The number of carbonyl (C=O) groups excluding carboxylic acids is 1. The molecule has 3 aliphatic carbocycles. The highest BCUT2D eigenvalue weighted by molar-refractivity contribution is 5.95. The molecule has 0 bridgehead atoms. The zero-order valence-electron chi connectivity index (χ0n) is 20.1. The first-order valence-corrected chi connectivity index (χ1v) is 13.3.